The monoisotopic (exact) mass is 449 g/mol. The van der Waals surface area contributed by atoms with Crippen molar-refractivity contribution in [2.45, 2.75) is 26.3 Å². The van der Waals surface area contributed by atoms with Gasteiger partial charge in [-0.15, -0.1) is 5.10 Å². The van der Waals surface area contributed by atoms with Crippen LogP contribution in [0, 0.1) is 11.6 Å². The van der Waals surface area contributed by atoms with Crippen LogP contribution in [0.1, 0.15) is 25.3 Å². The number of ether oxygens (including phenoxy) is 1. The van der Waals surface area contributed by atoms with Crippen molar-refractivity contribution < 1.29 is 13.5 Å². The molecule has 0 aliphatic rings. The van der Waals surface area contributed by atoms with E-state index in [4.69, 9.17) is 4.74 Å². The minimum Gasteiger partial charge on any atom is -0.494 e. The molecule has 9 heteroatoms. The molecule has 0 amide bonds. The van der Waals surface area contributed by atoms with Gasteiger partial charge in [-0.05, 0) is 42.8 Å². The Hall–Kier alpha value is -4.01. The summed E-state index contributed by atoms with van der Waals surface area (Å²) in [5, 5.41) is 8.98. The second kappa shape index (κ2) is 8.50. The van der Waals surface area contributed by atoms with E-state index in [0.29, 0.717) is 17.8 Å². The molecule has 0 unspecified atom stereocenters. The molecule has 0 aliphatic heterocycles. The molecular formula is C24H21F2N5O2. The Kier molecular flexibility index (Phi) is 5.37. The molecule has 3 aromatic heterocycles. The van der Waals surface area contributed by atoms with E-state index < -0.39 is 17.3 Å². The predicted octanol–water partition coefficient (Wildman–Crippen LogP) is 4.32. The summed E-state index contributed by atoms with van der Waals surface area (Å²) in [6, 6.07) is 12.8. The van der Waals surface area contributed by atoms with E-state index in [1.54, 1.807) is 16.9 Å². The average Bonchev–Trinajstić information content (AvgIpc) is 3.38. The van der Waals surface area contributed by atoms with Crippen molar-refractivity contribution in [1.29, 1.82) is 0 Å². The van der Waals surface area contributed by atoms with Crippen molar-refractivity contribution in [3.8, 4) is 17.0 Å². The molecule has 0 saturated heterocycles. The summed E-state index contributed by atoms with van der Waals surface area (Å²) in [7, 11) is 0. The molecule has 0 aliphatic carbocycles. The highest BCUT2D eigenvalue weighted by molar-refractivity contribution is 5.76. The second-order valence-electron chi connectivity index (χ2n) is 7.75. The van der Waals surface area contributed by atoms with Crippen LogP contribution in [0.15, 0.2) is 65.7 Å². The summed E-state index contributed by atoms with van der Waals surface area (Å²) >= 11 is 0. The normalized spacial score (nSPS) is 11.5. The molecule has 0 N–H and O–H groups in total. The minimum atomic E-state index is -0.724. The molecule has 0 atom stereocenters. The molecule has 0 radical (unpaired) electrons. The third-order valence-electron chi connectivity index (χ3n) is 5.44. The fourth-order valence-corrected chi connectivity index (χ4v) is 3.65. The molecular weight excluding hydrogens is 428 g/mol. The minimum absolute atomic E-state index is 0.112. The van der Waals surface area contributed by atoms with Gasteiger partial charge in [-0.2, -0.15) is 5.10 Å². The maximum Gasteiger partial charge on any atom is 0.350 e. The molecule has 0 spiro atoms. The molecule has 7 nitrogen and oxygen atoms in total. The number of hydrogen-bond donors (Lipinski definition) is 0. The average molecular weight is 449 g/mol. The molecule has 0 saturated carbocycles. The van der Waals surface area contributed by atoms with E-state index in [2.05, 4.69) is 17.1 Å². The number of aromatic nitrogens is 5. The van der Waals surface area contributed by atoms with Gasteiger partial charge in [0, 0.05) is 29.6 Å². The first-order chi connectivity index (χ1) is 16.0. The van der Waals surface area contributed by atoms with E-state index in [1.165, 1.54) is 10.5 Å². The van der Waals surface area contributed by atoms with Gasteiger partial charge in [-0.1, -0.05) is 19.4 Å². The maximum atomic E-state index is 14.1. The van der Waals surface area contributed by atoms with Crippen molar-refractivity contribution in [1.82, 2.24) is 23.8 Å². The van der Waals surface area contributed by atoms with E-state index >= 15 is 0 Å². The van der Waals surface area contributed by atoms with Gasteiger partial charge in [0.15, 0.2) is 5.65 Å². The van der Waals surface area contributed by atoms with Crippen molar-refractivity contribution in [3.63, 3.8) is 0 Å². The van der Waals surface area contributed by atoms with Gasteiger partial charge >= 0.3 is 5.69 Å². The number of benzene rings is 2. The zero-order valence-electron chi connectivity index (χ0n) is 17.9. The lowest BCUT2D eigenvalue weighted by molar-refractivity contribution is 0.309. The van der Waals surface area contributed by atoms with Crippen molar-refractivity contribution in [2.75, 3.05) is 6.61 Å². The molecule has 2 aromatic carbocycles. The summed E-state index contributed by atoms with van der Waals surface area (Å²) in [4.78, 5) is 12.8. The van der Waals surface area contributed by atoms with E-state index in [1.807, 2.05) is 30.3 Å². The highest BCUT2D eigenvalue weighted by Crippen LogP contribution is 2.24. The number of fused-ring (bicyclic) bond motifs is 3. The van der Waals surface area contributed by atoms with Crippen LogP contribution in [0.5, 0.6) is 5.75 Å². The number of rotatable bonds is 7. The van der Waals surface area contributed by atoms with Gasteiger partial charge in [0.2, 0.25) is 0 Å². The Morgan fingerprint density at radius 2 is 1.82 bits per heavy atom. The maximum absolute atomic E-state index is 14.1. The lowest BCUT2D eigenvalue weighted by Crippen LogP contribution is -2.22. The van der Waals surface area contributed by atoms with Crippen LogP contribution in [-0.2, 0) is 6.54 Å². The van der Waals surface area contributed by atoms with Crippen LogP contribution in [-0.4, -0.2) is 30.4 Å². The van der Waals surface area contributed by atoms with Crippen LogP contribution in [0.4, 0.5) is 8.78 Å². The molecule has 5 aromatic rings. The Morgan fingerprint density at radius 1 is 1.00 bits per heavy atom. The van der Waals surface area contributed by atoms with E-state index in [9.17, 15) is 13.6 Å². The highest BCUT2D eigenvalue weighted by atomic mass is 19.1. The first kappa shape index (κ1) is 20.9. The molecule has 0 fully saturated rings. The van der Waals surface area contributed by atoms with Crippen LogP contribution in [0.2, 0.25) is 0 Å². The quantitative estimate of drug-likeness (QED) is 0.347. The van der Waals surface area contributed by atoms with Crippen molar-refractivity contribution in [3.05, 3.63) is 88.6 Å². The Labute approximate surface area is 187 Å². The van der Waals surface area contributed by atoms with Gasteiger partial charge in [0.05, 0.1) is 18.8 Å². The molecule has 3 heterocycles. The van der Waals surface area contributed by atoms with E-state index in [0.717, 1.165) is 46.7 Å². The topological polar surface area (TPSA) is 65.8 Å². The number of hydrogen-bond acceptors (Lipinski definition) is 4. The summed E-state index contributed by atoms with van der Waals surface area (Å²) < 4.78 is 37.2. The fraction of sp³-hybridized carbons (Fsp3) is 0.208. The summed E-state index contributed by atoms with van der Waals surface area (Å²) in [5.41, 5.74) is 2.39. The molecule has 33 heavy (non-hydrogen) atoms. The summed E-state index contributed by atoms with van der Waals surface area (Å²) in [6.45, 7) is 2.69. The lowest BCUT2D eigenvalue weighted by atomic mass is 10.1. The lowest BCUT2D eigenvalue weighted by Gasteiger charge is -2.05. The van der Waals surface area contributed by atoms with Gasteiger partial charge < -0.3 is 4.74 Å². The Morgan fingerprint density at radius 3 is 2.58 bits per heavy atom. The smallest absolute Gasteiger partial charge is 0.350 e. The second-order valence-corrected chi connectivity index (χ2v) is 7.75. The third-order valence-corrected chi connectivity index (χ3v) is 5.44. The zero-order valence-corrected chi connectivity index (χ0v) is 17.9. The van der Waals surface area contributed by atoms with Crippen molar-refractivity contribution in [2.24, 2.45) is 0 Å². The fourth-order valence-electron chi connectivity index (χ4n) is 3.65. The Bertz CT molecular complexity index is 1500. The zero-order chi connectivity index (χ0) is 22.9. The van der Waals surface area contributed by atoms with E-state index in [-0.39, 0.29) is 12.1 Å². The molecule has 0 bridgehead atoms. The summed E-state index contributed by atoms with van der Waals surface area (Å²) in [6.07, 6.45) is 5.31. The van der Waals surface area contributed by atoms with Crippen LogP contribution >= 0.6 is 0 Å². The molecule has 5 rings (SSSR count). The SMILES string of the molecule is CCCCOc1ccc(-c2cc3c4nn(Cc5ccc(F)cc5F)c(=O)n4ccn3n2)cc1. The number of nitrogens with zero attached hydrogens (tertiary/aromatic N) is 5. The van der Waals surface area contributed by atoms with Crippen LogP contribution in [0.3, 0.4) is 0 Å². The first-order valence-corrected chi connectivity index (χ1v) is 10.7. The highest BCUT2D eigenvalue weighted by Gasteiger charge is 2.15. The first-order valence-electron chi connectivity index (χ1n) is 10.7. The third kappa shape index (κ3) is 3.97. The van der Waals surface area contributed by atoms with Gasteiger partial charge in [-0.3, -0.25) is 0 Å². The number of halogens is 2. The van der Waals surface area contributed by atoms with Gasteiger partial charge in [-0.25, -0.2) is 27.2 Å². The van der Waals surface area contributed by atoms with Crippen LogP contribution in [0.25, 0.3) is 22.4 Å². The van der Waals surface area contributed by atoms with Gasteiger partial charge in [0.1, 0.15) is 22.9 Å². The number of unbranched alkanes of at least 4 members (excludes halogenated alkanes) is 1. The van der Waals surface area contributed by atoms with Crippen molar-refractivity contribution >= 4 is 11.2 Å². The van der Waals surface area contributed by atoms with Crippen LogP contribution < -0.4 is 10.4 Å². The predicted molar refractivity (Wildman–Crippen MR) is 120 cm³/mol. The molecule has 168 valence electrons. The largest absolute Gasteiger partial charge is 0.494 e. The standard InChI is InChI=1S/C24H21F2N5O2/c1-2-3-12-33-19-8-5-16(6-9-19)21-14-22-23-28-31(15-17-4-7-18(25)13-20(17)26)24(32)29(23)10-11-30(22)27-21/h4-11,13-14H,2-3,12,15H2,1H3. The van der Waals surface area contributed by atoms with Gasteiger partial charge in [0.25, 0.3) is 0 Å². The summed E-state index contributed by atoms with van der Waals surface area (Å²) in [5.74, 6) is -0.595. The Balaban J connectivity index is 1.49.